The van der Waals surface area contributed by atoms with E-state index in [-0.39, 0.29) is 6.04 Å². The molecule has 0 radical (unpaired) electrons. The third kappa shape index (κ3) is 3.87. The Labute approximate surface area is 159 Å². The van der Waals surface area contributed by atoms with E-state index in [2.05, 4.69) is 11.0 Å². The van der Waals surface area contributed by atoms with Crippen LogP contribution in [0.4, 0.5) is 0 Å². The van der Waals surface area contributed by atoms with Crippen molar-refractivity contribution < 1.29 is 14.6 Å². The number of carboxylic acids is 1. The first-order chi connectivity index (χ1) is 12.5. The van der Waals surface area contributed by atoms with E-state index in [1.54, 1.807) is 0 Å². The van der Waals surface area contributed by atoms with Crippen molar-refractivity contribution in [3.05, 3.63) is 64.2 Å². The van der Waals surface area contributed by atoms with Crippen LogP contribution in [-0.2, 0) is 4.79 Å². The average molecular weight is 374 g/mol. The van der Waals surface area contributed by atoms with E-state index in [0.717, 1.165) is 35.4 Å². The first-order valence-electron chi connectivity index (χ1n) is 8.98. The van der Waals surface area contributed by atoms with E-state index in [9.17, 15) is 9.90 Å². The zero-order valence-electron chi connectivity index (χ0n) is 15.1. The largest absolute Gasteiger partial charge is 0.494 e. The lowest BCUT2D eigenvalue weighted by atomic mass is 9.94. The Morgan fingerprint density at radius 2 is 2.15 bits per heavy atom. The monoisotopic (exact) mass is 373 g/mol. The van der Waals surface area contributed by atoms with Gasteiger partial charge in [-0.1, -0.05) is 41.4 Å². The predicted molar refractivity (Wildman–Crippen MR) is 103 cm³/mol. The van der Waals surface area contributed by atoms with Gasteiger partial charge in [0.1, 0.15) is 11.8 Å². The molecule has 2 atom stereocenters. The number of hydrogen-bond donors (Lipinski definition) is 1. The van der Waals surface area contributed by atoms with Crippen LogP contribution in [0.15, 0.2) is 42.5 Å². The number of benzene rings is 2. The van der Waals surface area contributed by atoms with Crippen molar-refractivity contribution in [3.63, 3.8) is 0 Å². The Morgan fingerprint density at radius 1 is 1.35 bits per heavy atom. The summed E-state index contributed by atoms with van der Waals surface area (Å²) in [5, 5.41) is 10.3. The summed E-state index contributed by atoms with van der Waals surface area (Å²) in [6.45, 7) is 5.25. The van der Waals surface area contributed by atoms with Gasteiger partial charge in [-0.3, -0.25) is 9.69 Å². The van der Waals surface area contributed by atoms with Crippen molar-refractivity contribution in [3.8, 4) is 5.75 Å². The van der Waals surface area contributed by atoms with Crippen molar-refractivity contribution in [2.24, 2.45) is 0 Å². The number of nitrogens with zero attached hydrogens (tertiary/aromatic N) is 1. The Bertz CT molecular complexity index is 793. The minimum Gasteiger partial charge on any atom is -0.494 e. The van der Waals surface area contributed by atoms with Crippen LogP contribution >= 0.6 is 11.6 Å². The van der Waals surface area contributed by atoms with Crippen LogP contribution in [0.2, 0.25) is 5.02 Å². The highest BCUT2D eigenvalue weighted by Gasteiger charge is 2.38. The van der Waals surface area contributed by atoms with Crippen molar-refractivity contribution in [2.75, 3.05) is 13.2 Å². The van der Waals surface area contributed by atoms with E-state index in [1.165, 1.54) is 0 Å². The Hall–Kier alpha value is -2.04. The molecule has 3 rings (SSSR count). The summed E-state index contributed by atoms with van der Waals surface area (Å²) >= 11 is 6.30. The molecule has 2 aromatic carbocycles. The summed E-state index contributed by atoms with van der Waals surface area (Å²) in [6.07, 6.45) is 1.52. The maximum atomic E-state index is 11.8. The summed E-state index contributed by atoms with van der Waals surface area (Å²) in [4.78, 5) is 13.9. The molecular formula is C21H24ClNO3. The zero-order valence-corrected chi connectivity index (χ0v) is 15.9. The molecule has 0 amide bonds. The molecule has 1 heterocycles. The van der Waals surface area contributed by atoms with Gasteiger partial charge in [0.05, 0.1) is 12.6 Å². The third-order valence-corrected chi connectivity index (χ3v) is 5.07. The molecule has 4 nitrogen and oxygen atoms in total. The van der Waals surface area contributed by atoms with Crippen LogP contribution in [-0.4, -0.2) is 35.2 Å². The number of ether oxygens (including phenoxy) is 1. The Morgan fingerprint density at radius 3 is 2.85 bits per heavy atom. The average Bonchev–Trinajstić information content (AvgIpc) is 3.07. The van der Waals surface area contributed by atoms with Gasteiger partial charge in [0, 0.05) is 17.1 Å². The molecule has 1 saturated heterocycles. The molecule has 1 fully saturated rings. The molecule has 0 aliphatic carbocycles. The number of aryl methyl sites for hydroxylation is 1. The second kappa shape index (κ2) is 8.11. The number of likely N-dealkylation sites (tertiary alicyclic amines) is 1. The highest BCUT2D eigenvalue weighted by atomic mass is 35.5. The number of halogens is 1. The first-order valence-corrected chi connectivity index (χ1v) is 9.36. The molecule has 5 heteroatoms. The summed E-state index contributed by atoms with van der Waals surface area (Å²) in [6, 6.07) is 13.1. The standard InChI is InChI=1S/C21H24ClNO3/c1-3-26-19-10-9-16(22)13-17(19)20(15-7-4-6-14(2)12-15)23-11-5-8-18(23)21(24)25/h4,6-7,9-10,12-13,18,20H,3,5,8,11H2,1-2H3,(H,24,25). The van der Waals surface area contributed by atoms with Gasteiger partial charge >= 0.3 is 5.97 Å². The molecule has 1 aliphatic rings. The molecule has 2 aromatic rings. The van der Waals surface area contributed by atoms with Crippen molar-refractivity contribution in [2.45, 2.75) is 38.8 Å². The van der Waals surface area contributed by atoms with Crippen LogP contribution in [0.3, 0.4) is 0 Å². The minimum absolute atomic E-state index is 0.209. The van der Waals surface area contributed by atoms with Crippen molar-refractivity contribution in [1.82, 2.24) is 4.90 Å². The molecule has 0 spiro atoms. The number of hydrogen-bond acceptors (Lipinski definition) is 3. The fourth-order valence-electron chi connectivity index (χ4n) is 3.77. The molecule has 0 saturated carbocycles. The Balaban J connectivity index is 2.15. The topological polar surface area (TPSA) is 49.8 Å². The molecule has 0 aromatic heterocycles. The molecular weight excluding hydrogens is 350 g/mol. The molecule has 2 unspecified atom stereocenters. The summed E-state index contributed by atoms with van der Waals surface area (Å²) in [5.74, 6) is -0.0282. The van der Waals surface area contributed by atoms with Gasteiger partial charge in [0.15, 0.2) is 0 Å². The molecule has 1 N–H and O–H groups in total. The highest BCUT2D eigenvalue weighted by molar-refractivity contribution is 6.30. The zero-order chi connectivity index (χ0) is 18.7. The van der Waals surface area contributed by atoms with Crippen molar-refractivity contribution in [1.29, 1.82) is 0 Å². The third-order valence-electron chi connectivity index (χ3n) is 4.84. The maximum Gasteiger partial charge on any atom is 0.320 e. The normalized spacial score (nSPS) is 18.7. The summed E-state index contributed by atoms with van der Waals surface area (Å²) in [5.41, 5.74) is 3.11. The number of rotatable bonds is 6. The second-order valence-corrected chi connectivity index (χ2v) is 7.10. The van der Waals surface area contributed by atoms with Crippen LogP contribution in [0.25, 0.3) is 0 Å². The van der Waals surface area contributed by atoms with Gasteiger partial charge in [0.2, 0.25) is 0 Å². The van der Waals surface area contributed by atoms with E-state index >= 15 is 0 Å². The molecule has 138 valence electrons. The first kappa shape index (κ1) is 18.7. The molecule has 0 bridgehead atoms. The van der Waals surface area contributed by atoms with Crippen LogP contribution in [0.1, 0.15) is 42.5 Å². The van der Waals surface area contributed by atoms with Gasteiger partial charge < -0.3 is 9.84 Å². The highest BCUT2D eigenvalue weighted by Crippen LogP contribution is 2.40. The molecule has 26 heavy (non-hydrogen) atoms. The van der Waals surface area contributed by atoms with Crippen LogP contribution in [0, 0.1) is 6.92 Å². The lowest BCUT2D eigenvalue weighted by Crippen LogP contribution is -2.39. The van der Waals surface area contributed by atoms with Gasteiger partial charge in [-0.2, -0.15) is 0 Å². The van der Waals surface area contributed by atoms with Crippen molar-refractivity contribution >= 4 is 17.6 Å². The number of aliphatic carboxylic acids is 1. The number of carboxylic acid groups (broad SMARTS) is 1. The van der Waals surface area contributed by atoms with Crippen LogP contribution < -0.4 is 4.74 Å². The van der Waals surface area contributed by atoms with E-state index in [4.69, 9.17) is 16.3 Å². The van der Waals surface area contributed by atoms with E-state index < -0.39 is 12.0 Å². The molecule has 1 aliphatic heterocycles. The SMILES string of the molecule is CCOc1ccc(Cl)cc1C(c1cccc(C)c1)N1CCCC1C(=O)O. The lowest BCUT2D eigenvalue weighted by molar-refractivity contribution is -0.142. The quantitative estimate of drug-likeness (QED) is 0.798. The Kier molecular flexibility index (Phi) is 5.84. The summed E-state index contributed by atoms with van der Waals surface area (Å²) < 4.78 is 5.85. The van der Waals surface area contributed by atoms with Gasteiger partial charge in [0.25, 0.3) is 0 Å². The predicted octanol–water partition coefficient (Wildman–Crippen LogP) is 4.69. The fraction of sp³-hybridized carbons (Fsp3) is 0.381. The van der Waals surface area contributed by atoms with Gasteiger partial charge in [-0.05, 0) is 50.5 Å². The number of carbonyl (C=O) groups is 1. The van der Waals surface area contributed by atoms with Crippen LogP contribution in [0.5, 0.6) is 5.75 Å². The van der Waals surface area contributed by atoms with Gasteiger partial charge in [-0.15, -0.1) is 0 Å². The smallest absolute Gasteiger partial charge is 0.320 e. The van der Waals surface area contributed by atoms with E-state index in [0.29, 0.717) is 18.1 Å². The maximum absolute atomic E-state index is 11.8. The minimum atomic E-state index is -0.778. The lowest BCUT2D eigenvalue weighted by Gasteiger charge is -2.33. The van der Waals surface area contributed by atoms with Gasteiger partial charge in [-0.25, -0.2) is 0 Å². The fourth-order valence-corrected chi connectivity index (χ4v) is 3.95. The second-order valence-electron chi connectivity index (χ2n) is 6.67. The van der Waals surface area contributed by atoms with E-state index in [1.807, 2.05) is 50.2 Å². The summed E-state index contributed by atoms with van der Waals surface area (Å²) in [7, 11) is 0.